The van der Waals surface area contributed by atoms with E-state index in [2.05, 4.69) is 45.2 Å². The topological polar surface area (TPSA) is 175 Å². The highest BCUT2D eigenvalue weighted by Crippen LogP contribution is 2.57. The van der Waals surface area contributed by atoms with Crippen molar-refractivity contribution >= 4 is 108 Å². The van der Waals surface area contributed by atoms with Crippen molar-refractivity contribution in [3.8, 4) is 40.2 Å². The van der Waals surface area contributed by atoms with Gasteiger partial charge in [0.1, 0.15) is 34.8 Å². The standard InChI is InChI=1S/C36H21I4NO10/c37-23-8-15(10-27(41)33(44)45)9-24(38)31(23)48-18-13-25(39)32(26(40)14-18)50-34(46)19-2-1-3-22-30(19)35(47)51-36(22)20-6-4-16(42)11-28(20)49-29-12-17(43)5-7-21(29)36/h1-9,11-14,27,42-43H,10,41H2,(H,44,45)/t27-/m0/s1. The van der Waals surface area contributed by atoms with Crippen LogP contribution in [0.4, 0.5) is 0 Å². The Morgan fingerprint density at radius 2 is 1.35 bits per heavy atom. The summed E-state index contributed by atoms with van der Waals surface area (Å²) in [5.41, 5.74) is 6.19. The quantitative estimate of drug-likeness (QED) is 0.0706. The van der Waals surface area contributed by atoms with Crippen molar-refractivity contribution in [2.75, 3.05) is 0 Å². The molecule has 0 bridgehead atoms. The third-order valence-electron chi connectivity index (χ3n) is 8.24. The average molecular weight is 1140 g/mol. The number of halogens is 4. The highest BCUT2D eigenvalue weighted by atomic mass is 127. The van der Waals surface area contributed by atoms with Gasteiger partial charge in [-0.3, -0.25) is 4.79 Å². The lowest BCUT2D eigenvalue weighted by Crippen LogP contribution is -2.32. The molecule has 2 heterocycles. The molecule has 11 nitrogen and oxygen atoms in total. The number of nitrogens with two attached hydrogens (primary N) is 1. The first-order chi connectivity index (χ1) is 24.3. The van der Waals surface area contributed by atoms with Crippen molar-refractivity contribution in [2.45, 2.75) is 18.1 Å². The van der Waals surface area contributed by atoms with Crippen molar-refractivity contribution in [3.05, 3.63) is 127 Å². The van der Waals surface area contributed by atoms with Gasteiger partial charge in [-0.05, 0) is 157 Å². The normalized spacial score (nSPS) is 14.1. The number of rotatable bonds is 7. The second-order valence-corrected chi connectivity index (χ2v) is 16.2. The number of esters is 2. The van der Waals surface area contributed by atoms with Gasteiger partial charge < -0.3 is 40.0 Å². The molecule has 0 aliphatic carbocycles. The van der Waals surface area contributed by atoms with E-state index in [9.17, 15) is 29.7 Å². The number of ether oxygens (including phenoxy) is 4. The lowest BCUT2D eigenvalue weighted by atomic mass is 9.77. The third kappa shape index (κ3) is 6.48. The molecule has 2 aliphatic heterocycles. The molecular weight excluding hydrogens is 1110 g/mol. The number of carboxylic acid groups (broad SMARTS) is 1. The minimum absolute atomic E-state index is 0.0136. The number of phenols is 2. The van der Waals surface area contributed by atoms with Gasteiger partial charge in [0, 0.05) is 28.8 Å². The molecule has 0 saturated carbocycles. The summed E-state index contributed by atoms with van der Waals surface area (Å²) < 4.78 is 27.0. The van der Waals surface area contributed by atoms with E-state index < -0.39 is 29.6 Å². The van der Waals surface area contributed by atoms with Crippen LogP contribution in [0.3, 0.4) is 0 Å². The molecule has 1 spiro atoms. The fourth-order valence-corrected chi connectivity index (χ4v) is 10.1. The van der Waals surface area contributed by atoms with Crippen LogP contribution < -0.4 is 19.9 Å². The van der Waals surface area contributed by atoms with Gasteiger partial charge in [0.2, 0.25) is 0 Å². The summed E-state index contributed by atoms with van der Waals surface area (Å²) in [7, 11) is 0. The molecule has 7 rings (SSSR count). The van der Waals surface area contributed by atoms with E-state index in [0.29, 0.717) is 35.3 Å². The number of hydrogen-bond acceptors (Lipinski definition) is 10. The van der Waals surface area contributed by atoms with Crippen LogP contribution in [0.1, 0.15) is 43.0 Å². The molecule has 0 saturated heterocycles. The number of hydrogen-bond donors (Lipinski definition) is 4. The molecule has 0 amide bonds. The highest BCUT2D eigenvalue weighted by Gasteiger charge is 2.55. The lowest BCUT2D eigenvalue weighted by Gasteiger charge is -2.36. The molecule has 0 unspecified atom stereocenters. The Hall–Kier alpha value is -3.41. The largest absolute Gasteiger partial charge is 0.508 e. The Morgan fingerprint density at radius 1 is 0.784 bits per heavy atom. The summed E-state index contributed by atoms with van der Waals surface area (Å²) in [6, 6.07) is 19.7. The van der Waals surface area contributed by atoms with Gasteiger partial charge >= 0.3 is 17.9 Å². The fraction of sp³-hybridized carbons (Fsp3) is 0.0833. The van der Waals surface area contributed by atoms with Crippen molar-refractivity contribution in [1.82, 2.24) is 0 Å². The molecule has 0 aromatic heterocycles. The Bertz CT molecular complexity index is 2230. The molecular formula is C36H21I4NO10. The molecule has 1 atom stereocenters. The van der Waals surface area contributed by atoms with Gasteiger partial charge in [0.15, 0.2) is 17.1 Å². The maximum Gasteiger partial charge on any atom is 0.344 e. The van der Waals surface area contributed by atoms with Gasteiger partial charge in [-0.25, -0.2) is 9.59 Å². The Balaban J connectivity index is 1.21. The first kappa shape index (κ1) is 36.0. The summed E-state index contributed by atoms with van der Waals surface area (Å²) in [5, 5.41) is 29.6. The van der Waals surface area contributed by atoms with E-state index in [1.807, 2.05) is 57.3 Å². The molecule has 258 valence electrons. The molecule has 5 aromatic carbocycles. The monoisotopic (exact) mass is 1130 g/mol. The molecule has 51 heavy (non-hydrogen) atoms. The number of phenolic OH excluding ortho intramolecular Hbond substituents is 2. The summed E-state index contributed by atoms with van der Waals surface area (Å²) in [6.45, 7) is 0. The minimum Gasteiger partial charge on any atom is -0.508 e. The molecule has 5 N–H and O–H groups in total. The van der Waals surface area contributed by atoms with Crippen molar-refractivity contribution < 1.29 is 48.7 Å². The first-order valence-corrected chi connectivity index (χ1v) is 19.2. The van der Waals surface area contributed by atoms with Crippen molar-refractivity contribution in [1.29, 1.82) is 0 Å². The number of aliphatic carboxylic acids is 1. The van der Waals surface area contributed by atoms with Crippen LogP contribution >= 0.6 is 90.4 Å². The number of benzene rings is 5. The second kappa shape index (κ2) is 13.9. The first-order valence-electron chi connectivity index (χ1n) is 14.8. The number of fused-ring (bicyclic) bond motifs is 6. The SMILES string of the molecule is N[C@@H](Cc1cc(I)c(Oc2cc(I)c(OC(=O)c3cccc4c3C(=O)OC43c4ccc(O)cc4Oc4cc(O)ccc43)c(I)c2)c(I)c1)C(=O)O. The Kier molecular flexibility index (Phi) is 9.77. The average Bonchev–Trinajstić information content (AvgIpc) is 3.36. The van der Waals surface area contributed by atoms with Crippen LogP contribution in [0.25, 0.3) is 0 Å². The molecule has 0 fully saturated rings. The van der Waals surface area contributed by atoms with Crippen LogP contribution in [0.2, 0.25) is 0 Å². The number of carbonyl (C=O) groups excluding carboxylic acids is 2. The van der Waals surface area contributed by atoms with Gasteiger partial charge in [0.05, 0.1) is 25.4 Å². The van der Waals surface area contributed by atoms with Crippen LogP contribution in [-0.2, 0) is 21.6 Å². The van der Waals surface area contributed by atoms with E-state index in [-0.39, 0.29) is 46.3 Å². The predicted molar refractivity (Wildman–Crippen MR) is 216 cm³/mol. The Labute approximate surface area is 344 Å². The fourth-order valence-electron chi connectivity index (χ4n) is 6.04. The van der Waals surface area contributed by atoms with Crippen molar-refractivity contribution in [2.24, 2.45) is 5.73 Å². The molecule has 0 radical (unpaired) electrons. The number of carbonyl (C=O) groups is 3. The predicted octanol–water partition coefficient (Wildman–Crippen LogP) is 8.05. The van der Waals surface area contributed by atoms with E-state index in [1.54, 1.807) is 36.4 Å². The van der Waals surface area contributed by atoms with E-state index >= 15 is 0 Å². The number of aromatic hydroxyl groups is 2. The maximum atomic E-state index is 13.9. The second-order valence-electron chi connectivity index (χ2n) is 11.5. The van der Waals surface area contributed by atoms with Crippen LogP contribution in [-0.4, -0.2) is 39.3 Å². The minimum atomic E-state index is -1.54. The van der Waals surface area contributed by atoms with Gasteiger partial charge in [-0.15, -0.1) is 0 Å². The van der Waals surface area contributed by atoms with Crippen molar-refractivity contribution in [3.63, 3.8) is 0 Å². The lowest BCUT2D eigenvalue weighted by molar-refractivity contribution is -0.138. The Morgan fingerprint density at radius 3 is 1.92 bits per heavy atom. The highest BCUT2D eigenvalue weighted by molar-refractivity contribution is 14.1. The summed E-state index contributed by atoms with van der Waals surface area (Å²) >= 11 is 8.34. The van der Waals surface area contributed by atoms with Gasteiger partial charge in [0.25, 0.3) is 0 Å². The van der Waals surface area contributed by atoms with Gasteiger partial charge in [-0.1, -0.05) is 12.1 Å². The zero-order valence-electron chi connectivity index (χ0n) is 25.6. The summed E-state index contributed by atoms with van der Waals surface area (Å²) in [6.07, 6.45) is 0.172. The zero-order chi connectivity index (χ0) is 36.4. The molecule has 15 heteroatoms. The summed E-state index contributed by atoms with van der Waals surface area (Å²) in [5.74, 6) is -1.01. The zero-order valence-corrected chi connectivity index (χ0v) is 34.2. The van der Waals surface area contributed by atoms with Crippen LogP contribution in [0.5, 0.6) is 40.2 Å². The van der Waals surface area contributed by atoms with E-state index in [1.165, 1.54) is 30.3 Å². The maximum absolute atomic E-state index is 13.9. The molecule has 5 aromatic rings. The molecule has 2 aliphatic rings. The third-order valence-corrected chi connectivity index (χ3v) is 11.4. The van der Waals surface area contributed by atoms with E-state index in [4.69, 9.17) is 24.7 Å². The smallest absolute Gasteiger partial charge is 0.344 e. The number of carboxylic acids is 1. The van der Waals surface area contributed by atoms with Gasteiger partial charge in [-0.2, -0.15) is 0 Å². The summed E-state index contributed by atoms with van der Waals surface area (Å²) in [4.78, 5) is 38.9. The van der Waals surface area contributed by atoms with Crippen LogP contribution in [0, 0.1) is 14.3 Å². The van der Waals surface area contributed by atoms with Crippen LogP contribution in [0.15, 0.2) is 78.9 Å². The van der Waals surface area contributed by atoms with E-state index in [0.717, 1.165) is 12.7 Å².